The predicted octanol–water partition coefficient (Wildman–Crippen LogP) is 3.19. The van der Waals surface area contributed by atoms with Crippen LogP contribution in [0.4, 0.5) is 0 Å². The van der Waals surface area contributed by atoms with Crippen molar-refractivity contribution in [2.45, 2.75) is 28.5 Å². The van der Waals surface area contributed by atoms with Crippen molar-refractivity contribution in [1.82, 2.24) is 0 Å². The zero-order valence-corrected chi connectivity index (χ0v) is 16.2. The quantitative estimate of drug-likeness (QED) is 0.760. The minimum absolute atomic E-state index is 0.0514. The molecule has 0 spiro atoms. The van der Waals surface area contributed by atoms with Crippen molar-refractivity contribution in [3.8, 4) is 0 Å². The third kappa shape index (κ3) is 3.11. The van der Waals surface area contributed by atoms with Gasteiger partial charge in [0.05, 0.1) is 11.5 Å². The first-order chi connectivity index (χ1) is 12.2. The lowest BCUT2D eigenvalue weighted by molar-refractivity contribution is -0.145. The van der Waals surface area contributed by atoms with Gasteiger partial charge >= 0.3 is 5.97 Å². The number of carbonyl (C=O) groups is 1. The summed E-state index contributed by atoms with van der Waals surface area (Å²) in [7, 11) is -3.89. The maximum absolute atomic E-state index is 13.1. The van der Waals surface area contributed by atoms with Crippen molar-refractivity contribution < 1.29 is 17.9 Å². The molecule has 0 aliphatic heterocycles. The average Bonchev–Trinajstić information content (AvgIpc) is 3.24. The van der Waals surface area contributed by atoms with E-state index in [-0.39, 0.29) is 11.5 Å². The SMILES string of the molecule is CCOC(=O)C1(N)C(c2cccc(Cl)c2)C1S(=O)(=O)c1ccc(Cl)cc1. The number of nitrogens with two attached hydrogens (primary N) is 1. The first kappa shape index (κ1) is 19.2. The Hall–Kier alpha value is -1.60. The normalized spacial score (nSPS) is 24.9. The summed E-state index contributed by atoms with van der Waals surface area (Å²) < 4.78 is 31.3. The number of hydrogen-bond acceptors (Lipinski definition) is 5. The van der Waals surface area contributed by atoms with E-state index in [1.807, 2.05) is 0 Å². The molecule has 0 saturated heterocycles. The highest BCUT2D eigenvalue weighted by Crippen LogP contribution is 2.56. The van der Waals surface area contributed by atoms with Crippen molar-refractivity contribution >= 4 is 39.0 Å². The van der Waals surface area contributed by atoms with Gasteiger partial charge in [0.2, 0.25) is 0 Å². The molecule has 2 N–H and O–H groups in total. The van der Waals surface area contributed by atoms with Crippen LogP contribution in [0.5, 0.6) is 0 Å². The molecule has 1 aliphatic carbocycles. The van der Waals surface area contributed by atoms with E-state index in [0.29, 0.717) is 15.6 Å². The van der Waals surface area contributed by atoms with E-state index in [1.165, 1.54) is 24.3 Å². The fourth-order valence-electron chi connectivity index (χ4n) is 3.23. The molecule has 0 bridgehead atoms. The number of carbonyl (C=O) groups excluding carboxylic acids is 1. The highest BCUT2D eigenvalue weighted by molar-refractivity contribution is 7.92. The Kier molecular flexibility index (Phi) is 5.05. The highest BCUT2D eigenvalue weighted by Gasteiger charge is 2.74. The number of benzene rings is 2. The summed E-state index contributed by atoms with van der Waals surface area (Å²) in [5.41, 5.74) is 5.19. The summed E-state index contributed by atoms with van der Waals surface area (Å²) in [6.07, 6.45) is 0. The van der Waals surface area contributed by atoms with Gasteiger partial charge in [0.15, 0.2) is 9.84 Å². The van der Waals surface area contributed by atoms with Gasteiger partial charge in [-0.05, 0) is 48.9 Å². The topological polar surface area (TPSA) is 86.5 Å². The van der Waals surface area contributed by atoms with Crippen molar-refractivity contribution in [3.05, 3.63) is 64.1 Å². The van der Waals surface area contributed by atoms with E-state index in [0.717, 1.165) is 0 Å². The number of ether oxygens (including phenoxy) is 1. The maximum Gasteiger partial charge on any atom is 0.328 e. The van der Waals surface area contributed by atoms with E-state index in [4.69, 9.17) is 33.7 Å². The minimum Gasteiger partial charge on any atom is -0.465 e. The second kappa shape index (κ2) is 6.85. The van der Waals surface area contributed by atoms with Crippen molar-refractivity contribution in [3.63, 3.8) is 0 Å². The Morgan fingerprint density at radius 2 is 1.81 bits per heavy atom. The maximum atomic E-state index is 13.1. The van der Waals surface area contributed by atoms with Crippen LogP contribution in [0.2, 0.25) is 10.0 Å². The van der Waals surface area contributed by atoms with Crippen LogP contribution >= 0.6 is 23.2 Å². The van der Waals surface area contributed by atoms with E-state index < -0.39 is 32.5 Å². The molecule has 8 heteroatoms. The number of halogens is 2. The fraction of sp³-hybridized carbons (Fsp3) is 0.278. The summed E-state index contributed by atoms with van der Waals surface area (Å²) >= 11 is 11.9. The fourth-order valence-corrected chi connectivity index (χ4v) is 5.78. The Morgan fingerprint density at radius 3 is 2.38 bits per heavy atom. The van der Waals surface area contributed by atoms with Crippen LogP contribution in [0.1, 0.15) is 18.4 Å². The third-order valence-electron chi connectivity index (χ3n) is 4.49. The van der Waals surface area contributed by atoms with Crippen LogP contribution in [0.25, 0.3) is 0 Å². The third-order valence-corrected chi connectivity index (χ3v) is 7.24. The van der Waals surface area contributed by atoms with Crippen molar-refractivity contribution in [2.24, 2.45) is 5.73 Å². The molecular weight excluding hydrogens is 397 g/mol. The summed E-state index contributed by atoms with van der Waals surface area (Å²) in [5, 5.41) is -0.299. The van der Waals surface area contributed by atoms with Crippen LogP contribution in [-0.2, 0) is 19.4 Å². The highest BCUT2D eigenvalue weighted by atomic mass is 35.5. The van der Waals surface area contributed by atoms with Crippen LogP contribution in [0, 0.1) is 0 Å². The van der Waals surface area contributed by atoms with Crippen LogP contribution in [0.3, 0.4) is 0 Å². The largest absolute Gasteiger partial charge is 0.465 e. The van der Waals surface area contributed by atoms with Gasteiger partial charge in [-0.2, -0.15) is 0 Å². The molecule has 3 rings (SSSR count). The molecular formula is C18H17Cl2NO4S. The van der Waals surface area contributed by atoms with Crippen LogP contribution in [-0.4, -0.2) is 31.8 Å². The monoisotopic (exact) mass is 413 g/mol. The van der Waals surface area contributed by atoms with Crippen molar-refractivity contribution in [1.29, 1.82) is 0 Å². The van der Waals surface area contributed by atoms with E-state index in [9.17, 15) is 13.2 Å². The van der Waals surface area contributed by atoms with Crippen LogP contribution in [0.15, 0.2) is 53.4 Å². The first-order valence-electron chi connectivity index (χ1n) is 7.94. The van der Waals surface area contributed by atoms with Crippen LogP contribution < -0.4 is 5.73 Å². The summed E-state index contributed by atoms with van der Waals surface area (Å²) in [6, 6.07) is 12.4. The summed E-state index contributed by atoms with van der Waals surface area (Å²) in [4.78, 5) is 12.5. The van der Waals surface area contributed by atoms with Gasteiger partial charge in [-0.25, -0.2) is 13.2 Å². The Labute approximate surface area is 162 Å². The Morgan fingerprint density at radius 1 is 1.15 bits per heavy atom. The molecule has 138 valence electrons. The molecule has 2 aromatic carbocycles. The van der Waals surface area contributed by atoms with Gasteiger partial charge in [-0.3, -0.25) is 0 Å². The zero-order valence-electron chi connectivity index (χ0n) is 13.9. The predicted molar refractivity (Wildman–Crippen MR) is 100 cm³/mol. The molecule has 26 heavy (non-hydrogen) atoms. The number of hydrogen-bond donors (Lipinski definition) is 1. The Balaban J connectivity index is 2.07. The molecule has 2 aromatic rings. The van der Waals surface area contributed by atoms with E-state index in [2.05, 4.69) is 0 Å². The molecule has 0 aromatic heterocycles. The van der Waals surface area contributed by atoms with Gasteiger partial charge in [0.1, 0.15) is 10.8 Å². The standard InChI is InChI=1S/C18H17Cl2NO4S/c1-2-25-17(22)18(21)15(11-4-3-5-13(20)10-11)16(18)26(23,24)14-8-6-12(19)7-9-14/h3-10,15-16H,2,21H2,1H3. The molecule has 3 atom stereocenters. The van der Waals surface area contributed by atoms with Gasteiger partial charge in [-0.15, -0.1) is 0 Å². The molecule has 0 amide bonds. The second-order valence-corrected chi connectivity index (χ2v) is 9.05. The number of sulfone groups is 1. The van der Waals surface area contributed by atoms with Gasteiger partial charge in [0, 0.05) is 16.0 Å². The summed E-state index contributed by atoms with van der Waals surface area (Å²) in [6.45, 7) is 1.74. The minimum atomic E-state index is -3.89. The molecule has 0 radical (unpaired) electrons. The molecule has 5 nitrogen and oxygen atoms in total. The molecule has 3 unspecified atom stereocenters. The number of rotatable bonds is 5. The van der Waals surface area contributed by atoms with E-state index >= 15 is 0 Å². The molecule has 1 saturated carbocycles. The second-order valence-electron chi connectivity index (χ2n) is 6.11. The average molecular weight is 414 g/mol. The molecule has 1 aliphatic rings. The smallest absolute Gasteiger partial charge is 0.328 e. The molecule has 1 fully saturated rings. The first-order valence-corrected chi connectivity index (χ1v) is 10.2. The van der Waals surface area contributed by atoms with Gasteiger partial charge < -0.3 is 10.5 Å². The van der Waals surface area contributed by atoms with E-state index in [1.54, 1.807) is 31.2 Å². The van der Waals surface area contributed by atoms with Crippen molar-refractivity contribution in [2.75, 3.05) is 6.61 Å². The Bertz CT molecular complexity index is 946. The number of esters is 1. The summed E-state index contributed by atoms with van der Waals surface area (Å²) in [5.74, 6) is -1.49. The lowest BCUT2D eigenvalue weighted by atomic mass is 10.1. The van der Waals surface area contributed by atoms with Gasteiger partial charge in [0.25, 0.3) is 0 Å². The lowest BCUT2D eigenvalue weighted by Gasteiger charge is -2.11. The molecule has 0 heterocycles. The lowest BCUT2D eigenvalue weighted by Crippen LogP contribution is -2.41. The zero-order chi connectivity index (χ0) is 19.1. The van der Waals surface area contributed by atoms with Gasteiger partial charge in [-0.1, -0.05) is 35.3 Å².